The van der Waals surface area contributed by atoms with Crippen molar-refractivity contribution in [2.24, 2.45) is 0 Å². The Morgan fingerprint density at radius 3 is 2.24 bits per heavy atom. The number of benzene rings is 2. The van der Waals surface area contributed by atoms with Crippen molar-refractivity contribution in [2.45, 2.75) is 20.2 Å². The standard InChI is InChI=1S/C17H13F5O3/c1-3-24-10-4-9(8(2)23)5-11(6-10)25-17(22)12-7-13(18)15(20)16(21)14(12)19/h4-7,17H,3H2,1-2H3. The summed E-state index contributed by atoms with van der Waals surface area (Å²) in [4.78, 5) is 11.5. The predicted molar refractivity (Wildman–Crippen MR) is 78.4 cm³/mol. The van der Waals surface area contributed by atoms with E-state index in [1.54, 1.807) is 6.92 Å². The zero-order valence-electron chi connectivity index (χ0n) is 13.2. The summed E-state index contributed by atoms with van der Waals surface area (Å²) in [7, 11) is 0. The quantitative estimate of drug-likeness (QED) is 0.318. The van der Waals surface area contributed by atoms with Gasteiger partial charge in [0.15, 0.2) is 29.1 Å². The molecule has 0 saturated carbocycles. The summed E-state index contributed by atoms with van der Waals surface area (Å²) >= 11 is 0. The Morgan fingerprint density at radius 1 is 1.00 bits per heavy atom. The van der Waals surface area contributed by atoms with E-state index in [0.717, 1.165) is 6.07 Å². The van der Waals surface area contributed by atoms with Crippen molar-refractivity contribution in [2.75, 3.05) is 6.61 Å². The second kappa shape index (κ2) is 7.50. The summed E-state index contributed by atoms with van der Waals surface area (Å²) in [6.07, 6.45) is -2.64. The molecule has 0 amide bonds. The van der Waals surface area contributed by atoms with Gasteiger partial charge in [-0.25, -0.2) is 17.6 Å². The van der Waals surface area contributed by atoms with Gasteiger partial charge >= 0.3 is 0 Å². The zero-order valence-corrected chi connectivity index (χ0v) is 13.2. The Morgan fingerprint density at radius 2 is 1.64 bits per heavy atom. The smallest absolute Gasteiger partial charge is 0.267 e. The molecular formula is C17H13F5O3. The molecule has 0 spiro atoms. The first-order valence-corrected chi connectivity index (χ1v) is 7.17. The molecule has 2 aromatic carbocycles. The highest BCUT2D eigenvalue weighted by atomic mass is 19.2. The molecule has 0 aliphatic carbocycles. The molecular weight excluding hydrogens is 347 g/mol. The van der Waals surface area contributed by atoms with Crippen LogP contribution >= 0.6 is 0 Å². The number of alkyl halides is 1. The fourth-order valence-electron chi connectivity index (χ4n) is 2.03. The van der Waals surface area contributed by atoms with E-state index in [0.29, 0.717) is 0 Å². The number of ketones is 1. The van der Waals surface area contributed by atoms with Crippen molar-refractivity contribution in [3.8, 4) is 11.5 Å². The molecule has 8 heteroatoms. The number of rotatable bonds is 6. The molecule has 0 heterocycles. The molecule has 0 bridgehead atoms. The van der Waals surface area contributed by atoms with Crippen LogP contribution in [0.25, 0.3) is 0 Å². The first kappa shape index (κ1) is 18.7. The normalized spacial score (nSPS) is 12.0. The largest absolute Gasteiger partial charge is 0.494 e. The molecule has 0 N–H and O–H groups in total. The van der Waals surface area contributed by atoms with Gasteiger partial charge in [-0.3, -0.25) is 4.79 Å². The SMILES string of the molecule is CCOc1cc(OC(F)c2cc(F)c(F)c(F)c2F)cc(C(C)=O)c1. The molecule has 3 nitrogen and oxygen atoms in total. The van der Waals surface area contributed by atoms with Crippen LogP contribution in [-0.4, -0.2) is 12.4 Å². The minimum Gasteiger partial charge on any atom is -0.494 e. The molecule has 2 aromatic rings. The summed E-state index contributed by atoms with van der Waals surface area (Å²) in [6.45, 7) is 3.19. The van der Waals surface area contributed by atoms with E-state index in [-0.39, 0.29) is 35.5 Å². The molecule has 25 heavy (non-hydrogen) atoms. The minimum absolute atomic E-state index is 0.130. The lowest BCUT2D eigenvalue weighted by atomic mass is 10.1. The number of hydrogen-bond acceptors (Lipinski definition) is 3. The third kappa shape index (κ3) is 4.07. The van der Waals surface area contributed by atoms with Crippen LogP contribution in [0, 0.1) is 23.3 Å². The highest BCUT2D eigenvalue weighted by Crippen LogP contribution is 2.31. The minimum atomic E-state index is -2.64. The van der Waals surface area contributed by atoms with Gasteiger partial charge in [-0.1, -0.05) is 0 Å². The van der Waals surface area contributed by atoms with E-state index in [4.69, 9.17) is 9.47 Å². The number of carbonyl (C=O) groups is 1. The number of hydrogen-bond donors (Lipinski definition) is 0. The average molecular weight is 360 g/mol. The average Bonchev–Trinajstić information content (AvgIpc) is 2.56. The number of ether oxygens (including phenoxy) is 2. The van der Waals surface area contributed by atoms with Crippen molar-refractivity contribution in [3.63, 3.8) is 0 Å². The van der Waals surface area contributed by atoms with Gasteiger partial charge < -0.3 is 9.47 Å². The molecule has 1 atom stereocenters. The Balaban J connectivity index is 2.37. The molecule has 1 unspecified atom stereocenters. The number of Topliss-reactive ketones (excluding diaryl/α,β-unsaturated/α-hetero) is 1. The second-order valence-corrected chi connectivity index (χ2v) is 5.01. The molecule has 0 radical (unpaired) electrons. The van der Waals surface area contributed by atoms with Gasteiger partial charge in [0.05, 0.1) is 12.2 Å². The lowest BCUT2D eigenvalue weighted by molar-refractivity contribution is 0.0618. The van der Waals surface area contributed by atoms with Crippen LogP contribution in [0.15, 0.2) is 24.3 Å². The maximum atomic E-state index is 14.2. The third-order valence-corrected chi connectivity index (χ3v) is 3.21. The van der Waals surface area contributed by atoms with Crippen LogP contribution in [0.3, 0.4) is 0 Å². The highest BCUT2D eigenvalue weighted by Gasteiger charge is 2.25. The summed E-state index contributed by atoms with van der Waals surface area (Å²) in [6, 6.07) is 3.93. The second-order valence-electron chi connectivity index (χ2n) is 5.01. The number of carbonyl (C=O) groups excluding carboxylic acids is 1. The van der Waals surface area contributed by atoms with Gasteiger partial charge in [0.1, 0.15) is 11.5 Å². The van der Waals surface area contributed by atoms with Crippen LogP contribution in [-0.2, 0) is 0 Å². The topological polar surface area (TPSA) is 35.5 Å². The van der Waals surface area contributed by atoms with Crippen molar-refractivity contribution in [1.29, 1.82) is 0 Å². The summed E-state index contributed by atoms with van der Waals surface area (Å²) in [5.74, 6) is -8.26. The van der Waals surface area contributed by atoms with Crippen LogP contribution in [0.4, 0.5) is 22.0 Å². The van der Waals surface area contributed by atoms with Crippen molar-refractivity contribution in [1.82, 2.24) is 0 Å². The maximum Gasteiger partial charge on any atom is 0.267 e. The Kier molecular flexibility index (Phi) is 5.61. The van der Waals surface area contributed by atoms with Crippen molar-refractivity contribution < 1.29 is 36.2 Å². The van der Waals surface area contributed by atoms with Crippen LogP contribution in [0.5, 0.6) is 11.5 Å². The summed E-state index contributed by atoms with van der Waals surface area (Å²) < 4.78 is 77.1. The van der Waals surface area contributed by atoms with Crippen LogP contribution < -0.4 is 9.47 Å². The van der Waals surface area contributed by atoms with Crippen LogP contribution in [0.1, 0.15) is 36.1 Å². The maximum absolute atomic E-state index is 14.2. The van der Waals surface area contributed by atoms with Crippen molar-refractivity contribution >= 4 is 5.78 Å². The first-order chi connectivity index (χ1) is 11.7. The molecule has 0 aliphatic rings. The molecule has 2 rings (SSSR count). The number of halogens is 5. The lowest BCUT2D eigenvalue weighted by Gasteiger charge is -2.15. The van der Waals surface area contributed by atoms with Gasteiger partial charge in [-0.05, 0) is 32.0 Å². The lowest BCUT2D eigenvalue weighted by Crippen LogP contribution is -2.09. The first-order valence-electron chi connectivity index (χ1n) is 7.17. The predicted octanol–water partition coefficient (Wildman–Crippen LogP) is 4.89. The fraction of sp³-hybridized carbons (Fsp3) is 0.235. The van der Waals surface area contributed by atoms with E-state index in [1.165, 1.54) is 19.1 Å². The molecule has 0 aliphatic heterocycles. The monoisotopic (exact) mass is 360 g/mol. The highest BCUT2D eigenvalue weighted by molar-refractivity contribution is 5.94. The zero-order chi connectivity index (χ0) is 18.7. The van der Waals surface area contributed by atoms with Gasteiger partial charge in [-0.15, -0.1) is 0 Å². The third-order valence-electron chi connectivity index (χ3n) is 3.21. The van der Waals surface area contributed by atoms with E-state index in [2.05, 4.69) is 0 Å². The fourth-order valence-corrected chi connectivity index (χ4v) is 2.03. The molecule has 0 fully saturated rings. The molecule has 134 valence electrons. The van der Waals surface area contributed by atoms with Crippen molar-refractivity contribution in [3.05, 3.63) is 58.7 Å². The van der Waals surface area contributed by atoms with Gasteiger partial charge in [0.25, 0.3) is 6.36 Å². The Bertz CT molecular complexity index is 807. The van der Waals surface area contributed by atoms with Gasteiger partial charge in [0, 0.05) is 11.6 Å². The van der Waals surface area contributed by atoms with E-state index >= 15 is 0 Å². The van der Waals surface area contributed by atoms with Gasteiger partial charge in [0.2, 0.25) is 0 Å². The van der Waals surface area contributed by atoms with E-state index in [1.807, 2.05) is 0 Å². The van der Waals surface area contributed by atoms with E-state index in [9.17, 15) is 26.7 Å². The summed E-state index contributed by atoms with van der Waals surface area (Å²) in [5.41, 5.74) is -1.02. The van der Waals surface area contributed by atoms with Gasteiger partial charge in [-0.2, -0.15) is 4.39 Å². The Labute approximate surface area is 140 Å². The molecule has 0 saturated heterocycles. The molecule has 0 aromatic heterocycles. The van der Waals surface area contributed by atoms with E-state index < -0.39 is 35.2 Å². The summed E-state index contributed by atoms with van der Waals surface area (Å²) in [5, 5.41) is 0. The van der Waals surface area contributed by atoms with Crippen LogP contribution in [0.2, 0.25) is 0 Å². The Hall–Kier alpha value is -2.64.